The van der Waals surface area contributed by atoms with Crippen molar-refractivity contribution < 1.29 is 0 Å². The molecule has 0 saturated carbocycles. The number of hydrogen-bond donors (Lipinski definition) is 0. The van der Waals surface area contributed by atoms with Crippen LogP contribution in [-0.4, -0.2) is 20.4 Å². The van der Waals surface area contributed by atoms with Gasteiger partial charge in [0.15, 0.2) is 0 Å². The zero-order valence-electron chi connectivity index (χ0n) is 26.4. The lowest BCUT2D eigenvalue weighted by Crippen LogP contribution is -2.01. The number of pyridine rings is 1. The van der Waals surface area contributed by atoms with Crippen LogP contribution in [0.3, 0.4) is 0 Å². The lowest BCUT2D eigenvalue weighted by atomic mass is 9.84. The first-order valence-corrected chi connectivity index (χ1v) is 17.0. The highest BCUT2D eigenvalue weighted by Crippen LogP contribution is 2.51. The molecule has 0 saturated heterocycles. The summed E-state index contributed by atoms with van der Waals surface area (Å²) in [4.78, 5) is 5.43. The Labute approximate surface area is 288 Å². The van der Waals surface area contributed by atoms with Gasteiger partial charge in [0.25, 0.3) is 0 Å². The molecule has 9 rings (SSSR count). The van der Waals surface area contributed by atoms with E-state index < -0.39 is 0 Å². The van der Waals surface area contributed by atoms with Gasteiger partial charge in [0, 0.05) is 48.6 Å². The molecule has 3 heterocycles. The molecule has 6 aromatic carbocycles. The first-order chi connectivity index (χ1) is 24.3. The van der Waals surface area contributed by atoms with Crippen LogP contribution in [0.5, 0.6) is 0 Å². The minimum atomic E-state index is 0.716. The molecule has 0 spiro atoms. The normalized spacial score (nSPS) is 11.3. The molecule has 230 valence electrons. The van der Waals surface area contributed by atoms with E-state index in [1.807, 2.05) is 29.7 Å². The van der Waals surface area contributed by atoms with Gasteiger partial charge in [-0.25, -0.2) is 0 Å². The molecule has 0 amide bonds. The maximum absolute atomic E-state index is 5.43. The van der Waals surface area contributed by atoms with E-state index in [2.05, 4.69) is 161 Å². The van der Waals surface area contributed by atoms with Gasteiger partial charge in [0.1, 0.15) is 0 Å². The van der Waals surface area contributed by atoms with Gasteiger partial charge >= 0.3 is 0 Å². The molecule has 0 N–H and O–H groups in total. The zero-order chi connectivity index (χ0) is 32.6. The van der Waals surface area contributed by atoms with Crippen molar-refractivity contribution in [2.45, 2.75) is 0 Å². The predicted molar refractivity (Wildman–Crippen MR) is 203 cm³/mol. The Bertz CT molecular complexity index is 2580. The van der Waals surface area contributed by atoms with E-state index in [-0.39, 0.29) is 0 Å². The molecule has 9 aromatic rings. The van der Waals surface area contributed by atoms with Crippen LogP contribution in [0.25, 0.3) is 87.2 Å². The fourth-order valence-electron chi connectivity index (χ4n) is 6.94. The average Bonchev–Trinajstić information content (AvgIpc) is 3.57. The van der Waals surface area contributed by atoms with Crippen molar-refractivity contribution in [2.24, 2.45) is 0 Å². The fourth-order valence-corrected chi connectivity index (χ4v) is 8.05. The van der Waals surface area contributed by atoms with Crippen molar-refractivity contribution in [1.82, 2.24) is 20.4 Å². The number of thiophene rings is 1. The summed E-state index contributed by atoms with van der Waals surface area (Å²) in [5.41, 5.74) is 12.4. The number of rotatable bonds is 6. The molecule has 4 nitrogen and oxygen atoms in total. The van der Waals surface area contributed by atoms with Crippen LogP contribution in [0.1, 0.15) is 0 Å². The van der Waals surface area contributed by atoms with Crippen molar-refractivity contribution in [3.8, 4) is 67.0 Å². The highest BCUT2D eigenvalue weighted by Gasteiger charge is 2.26. The molecule has 49 heavy (non-hydrogen) atoms. The van der Waals surface area contributed by atoms with Gasteiger partial charge in [-0.2, -0.15) is 0 Å². The lowest BCUT2D eigenvalue weighted by Gasteiger charge is -2.21. The quantitative estimate of drug-likeness (QED) is 0.181. The van der Waals surface area contributed by atoms with E-state index in [1.54, 1.807) is 6.20 Å². The van der Waals surface area contributed by atoms with Crippen LogP contribution in [-0.2, 0) is 0 Å². The highest BCUT2D eigenvalue weighted by molar-refractivity contribution is 7.26. The molecule has 0 atom stereocenters. The smallest absolute Gasteiger partial charge is 0.0991 e. The van der Waals surface area contributed by atoms with E-state index in [4.69, 9.17) is 4.98 Å². The van der Waals surface area contributed by atoms with Crippen LogP contribution in [0.4, 0.5) is 0 Å². The first kappa shape index (κ1) is 28.9. The summed E-state index contributed by atoms with van der Waals surface area (Å²) in [6.07, 6.45) is 3.74. The Morgan fingerprint density at radius 3 is 1.78 bits per heavy atom. The third kappa shape index (κ3) is 5.08. The topological polar surface area (TPSA) is 51.6 Å². The van der Waals surface area contributed by atoms with Gasteiger partial charge in [0.05, 0.1) is 17.6 Å². The molecule has 0 fully saturated rings. The lowest BCUT2D eigenvalue weighted by molar-refractivity contribution is 0.870. The minimum Gasteiger partial charge on any atom is -0.255 e. The molecule has 0 aliphatic carbocycles. The fraction of sp³-hybridized carbons (Fsp3) is 0. The highest BCUT2D eigenvalue weighted by atomic mass is 32.1. The van der Waals surface area contributed by atoms with Crippen LogP contribution in [0.15, 0.2) is 170 Å². The molecule has 5 heteroatoms. The largest absolute Gasteiger partial charge is 0.255 e. The Morgan fingerprint density at radius 2 is 1.06 bits per heavy atom. The molecule has 0 unspecified atom stereocenters. The Hall–Kier alpha value is -6.30. The second-order valence-corrected chi connectivity index (χ2v) is 13.0. The third-order valence-corrected chi connectivity index (χ3v) is 10.2. The van der Waals surface area contributed by atoms with Crippen molar-refractivity contribution in [1.29, 1.82) is 0 Å². The summed E-state index contributed by atoms with van der Waals surface area (Å²) >= 11 is 1.81. The zero-order valence-corrected chi connectivity index (χ0v) is 27.2. The van der Waals surface area contributed by atoms with Crippen molar-refractivity contribution >= 4 is 31.5 Å². The monoisotopic (exact) mass is 644 g/mol. The Balaban J connectivity index is 1.47. The van der Waals surface area contributed by atoms with Crippen LogP contribution >= 0.6 is 11.3 Å². The van der Waals surface area contributed by atoms with Crippen molar-refractivity contribution in [2.75, 3.05) is 0 Å². The van der Waals surface area contributed by atoms with E-state index in [1.165, 1.54) is 20.2 Å². The summed E-state index contributed by atoms with van der Waals surface area (Å²) in [7, 11) is 0. The van der Waals surface area contributed by atoms with E-state index in [0.29, 0.717) is 5.69 Å². The number of hydrogen-bond acceptors (Lipinski definition) is 5. The number of aromatic nitrogens is 4. The summed E-state index contributed by atoms with van der Waals surface area (Å²) in [5.74, 6) is 0. The van der Waals surface area contributed by atoms with Crippen LogP contribution < -0.4 is 0 Å². The Kier molecular flexibility index (Phi) is 7.30. The van der Waals surface area contributed by atoms with Crippen LogP contribution in [0, 0.1) is 0 Å². The number of benzene rings is 6. The molecule has 0 bridgehead atoms. The number of fused-ring (bicyclic) bond motifs is 3. The van der Waals surface area contributed by atoms with Gasteiger partial charge in [-0.05, 0) is 56.8 Å². The third-order valence-electron chi connectivity index (χ3n) is 9.07. The molecule has 3 aromatic heterocycles. The molecular weight excluding hydrogens is 617 g/mol. The molecular formula is C44H28N4S. The molecule has 0 aliphatic rings. The number of nitrogens with zero attached hydrogens (tertiary/aromatic N) is 4. The maximum atomic E-state index is 5.43. The predicted octanol–water partition coefficient (Wildman–Crippen LogP) is 11.6. The second kappa shape index (κ2) is 12.4. The average molecular weight is 645 g/mol. The van der Waals surface area contributed by atoms with E-state index >= 15 is 0 Å². The summed E-state index contributed by atoms with van der Waals surface area (Å²) in [5, 5.41) is 15.3. The SMILES string of the molecule is c1ccc(-c2ccccc2-c2ccc3sc4ccccc4c3c2-c2ncc(-c3ccccc3)c(-c3ccccc3)c2-c2ccnnn2)cc1. The summed E-state index contributed by atoms with van der Waals surface area (Å²) < 4.78 is 2.45. The molecule has 0 radical (unpaired) electrons. The summed E-state index contributed by atoms with van der Waals surface area (Å²) in [6, 6.07) is 55.4. The Morgan fingerprint density at radius 1 is 0.429 bits per heavy atom. The van der Waals surface area contributed by atoms with E-state index in [0.717, 1.165) is 61.3 Å². The maximum Gasteiger partial charge on any atom is 0.0991 e. The van der Waals surface area contributed by atoms with Gasteiger partial charge in [-0.1, -0.05) is 140 Å². The van der Waals surface area contributed by atoms with Gasteiger partial charge in [-0.15, -0.1) is 21.5 Å². The van der Waals surface area contributed by atoms with Crippen LogP contribution in [0.2, 0.25) is 0 Å². The summed E-state index contributed by atoms with van der Waals surface area (Å²) in [6.45, 7) is 0. The van der Waals surface area contributed by atoms with Gasteiger partial charge < -0.3 is 0 Å². The minimum absolute atomic E-state index is 0.716. The standard InChI is InChI=1S/C44H28N4S/c1-4-14-29(15-5-1)32-20-10-11-21-33(32)34-24-25-39-41(35-22-12-13-23-38(35)49-39)42(34)44-43(37-26-27-46-48-47-37)40(31-18-8-3-9-19-31)36(28-45-44)30-16-6-2-7-17-30/h1-28H. The first-order valence-electron chi connectivity index (χ1n) is 16.2. The van der Waals surface area contributed by atoms with Gasteiger partial charge in [0.2, 0.25) is 0 Å². The van der Waals surface area contributed by atoms with Crippen molar-refractivity contribution in [3.05, 3.63) is 170 Å². The van der Waals surface area contributed by atoms with Crippen molar-refractivity contribution in [3.63, 3.8) is 0 Å². The van der Waals surface area contributed by atoms with Gasteiger partial charge in [-0.3, -0.25) is 4.98 Å². The molecule has 0 aliphatic heterocycles. The second-order valence-electron chi connectivity index (χ2n) is 11.9. The van der Waals surface area contributed by atoms with E-state index in [9.17, 15) is 0 Å².